The van der Waals surface area contributed by atoms with Gasteiger partial charge >= 0.3 is 0 Å². The first-order valence-electron chi connectivity index (χ1n) is 7.32. The van der Waals surface area contributed by atoms with Gasteiger partial charge in [0.15, 0.2) is 0 Å². The first-order chi connectivity index (χ1) is 11.5. The molecule has 128 valence electrons. The van der Waals surface area contributed by atoms with Gasteiger partial charge in [-0.3, -0.25) is 4.79 Å². The summed E-state index contributed by atoms with van der Waals surface area (Å²) in [4.78, 5) is 13.8. The number of halogens is 2. The van der Waals surface area contributed by atoms with Crippen LogP contribution in [0, 0.1) is 12.7 Å². The topological polar surface area (TPSA) is 38.8 Å². The number of carbonyl (C=O) groups excluding carboxylic acids is 1. The Morgan fingerprint density at radius 1 is 1.08 bits per heavy atom. The van der Waals surface area contributed by atoms with Crippen molar-refractivity contribution < 1.29 is 18.7 Å². The smallest absolute Gasteiger partial charge is 0.242 e. The Balaban J connectivity index is 2.43. The standard InChI is InChI=1S/C18H19ClFNO3/c1-12-4-13(6-14(20)5-12)11-21(18(22)10-19)15-7-16(23-2)9-17(8-15)24-3/h4-9H,10-11H2,1-3H3. The Kier molecular flexibility index (Phi) is 6.04. The van der Waals surface area contributed by atoms with Gasteiger partial charge in [-0.1, -0.05) is 6.07 Å². The molecule has 0 unspecified atom stereocenters. The van der Waals surface area contributed by atoms with Gasteiger partial charge in [0, 0.05) is 18.2 Å². The molecule has 0 aliphatic carbocycles. The number of ether oxygens (including phenoxy) is 2. The number of methoxy groups -OCH3 is 2. The molecule has 0 aliphatic heterocycles. The van der Waals surface area contributed by atoms with Crippen molar-refractivity contribution in [3.8, 4) is 11.5 Å². The Bertz CT molecular complexity index is 694. The highest BCUT2D eigenvalue weighted by Crippen LogP contribution is 2.30. The lowest BCUT2D eigenvalue weighted by Crippen LogP contribution is -2.31. The minimum Gasteiger partial charge on any atom is -0.497 e. The number of nitrogens with zero attached hydrogens (tertiary/aromatic N) is 1. The fraction of sp³-hybridized carbons (Fsp3) is 0.278. The van der Waals surface area contributed by atoms with Crippen LogP contribution in [0.1, 0.15) is 11.1 Å². The maximum Gasteiger partial charge on any atom is 0.242 e. The van der Waals surface area contributed by atoms with E-state index in [9.17, 15) is 9.18 Å². The Morgan fingerprint density at radius 3 is 2.21 bits per heavy atom. The number of carbonyl (C=O) groups is 1. The molecule has 0 atom stereocenters. The van der Waals surface area contributed by atoms with Gasteiger partial charge in [0.1, 0.15) is 23.2 Å². The minimum atomic E-state index is -0.341. The third kappa shape index (κ3) is 4.38. The summed E-state index contributed by atoms with van der Waals surface area (Å²) in [6, 6.07) is 9.79. The summed E-state index contributed by atoms with van der Waals surface area (Å²) in [6.07, 6.45) is 0. The summed E-state index contributed by atoms with van der Waals surface area (Å²) in [5.41, 5.74) is 2.03. The second-order valence-corrected chi connectivity index (χ2v) is 5.59. The van der Waals surface area contributed by atoms with E-state index in [4.69, 9.17) is 21.1 Å². The molecule has 0 aromatic heterocycles. The van der Waals surface area contributed by atoms with Crippen molar-refractivity contribution in [2.24, 2.45) is 0 Å². The zero-order valence-corrected chi connectivity index (χ0v) is 14.6. The van der Waals surface area contributed by atoms with E-state index < -0.39 is 0 Å². The average Bonchev–Trinajstić information content (AvgIpc) is 2.57. The van der Waals surface area contributed by atoms with Crippen molar-refractivity contribution in [2.45, 2.75) is 13.5 Å². The van der Waals surface area contributed by atoms with Gasteiger partial charge in [0.25, 0.3) is 0 Å². The van der Waals surface area contributed by atoms with Gasteiger partial charge in [0.2, 0.25) is 5.91 Å². The molecule has 2 aromatic rings. The van der Waals surface area contributed by atoms with Crippen molar-refractivity contribution in [3.63, 3.8) is 0 Å². The van der Waals surface area contributed by atoms with E-state index in [1.165, 1.54) is 31.3 Å². The van der Waals surface area contributed by atoms with Crippen LogP contribution in [0.5, 0.6) is 11.5 Å². The van der Waals surface area contributed by atoms with Gasteiger partial charge in [0.05, 0.1) is 26.5 Å². The Labute approximate surface area is 145 Å². The van der Waals surface area contributed by atoms with Gasteiger partial charge in [-0.15, -0.1) is 11.6 Å². The first-order valence-corrected chi connectivity index (χ1v) is 7.85. The molecule has 0 heterocycles. The highest BCUT2D eigenvalue weighted by Gasteiger charge is 2.18. The molecule has 0 spiro atoms. The SMILES string of the molecule is COc1cc(OC)cc(N(Cc2cc(C)cc(F)c2)C(=O)CCl)c1. The van der Waals surface area contributed by atoms with Gasteiger partial charge in [-0.25, -0.2) is 4.39 Å². The van der Waals surface area contributed by atoms with Crippen LogP contribution in [-0.4, -0.2) is 26.0 Å². The zero-order chi connectivity index (χ0) is 17.7. The van der Waals surface area contributed by atoms with Crippen LogP contribution in [0.4, 0.5) is 10.1 Å². The van der Waals surface area contributed by atoms with Crippen molar-refractivity contribution >= 4 is 23.2 Å². The number of hydrogen-bond donors (Lipinski definition) is 0. The first kappa shape index (κ1) is 18.1. The second-order valence-electron chi connectivity index (χ2n) is 5.32. The second kappa shape index (κ2) is 8.02. The molecule has 0 saturated heterocycles. The molecule has 24 heavy (non-hydrogen) atoms. The van der Waals surface area contributed by atoms with Crippen molar-refractivity contribution in [1.29, 1.82) is 0 Å². The van der Waals surface area contributed by atoms with Crippen LogP contribution < -0.4 is 14.4 Å². The molecule has 0 fully saturated rings. The zero-order valence-electron chi connectivity index (χ0n) is 13.8. The third-order valence-electron chi connectivity index (χ3n) is 3.51. The highest BCUT2D eigenvalue weighted by molar-refractivity contribution is 6.29. The molecular weight excluding hydrogens is 333 g/mol. The molecule has 0 radical (unpaired) electrons. The number of alkyl halides is 1. The number of aryl methyl sites for hydroxylation is 1. The molecule has 0 saturated carbocycles. The summed E-state index contributed by atoms with van der Waals surface area (Å²) >= 11 is 5.74. The summed E-state index contributed by atoms with van der Waals surface area (Å²) in [5.74, 6) is 0.271. The van der Waals surface area contributed by atoms with Crippen LogP contribution >= 0.6 is 11.6 Å². The van der Waals surface area contributed by atoms with E-state index in [0.717, 1.165) is 5.56 Å². The molecule has 0 N–H and O–H groups in total. The molecule has 2 rings (SSSR count). The molecule has 4 nitrogen and oxygen atoms in total. The summed E-state index contributed by atoms with van der Waals surface area (Å²) < 4.78 is 24.1. The average molecular weight is 352 g/mol. The van der Waals surface area contributed by atoms with Crippen molar-refractivity contribution in [1.82, 2.24) is 0 Å². The van der Waals surface area contributed by atoms with E-state index in [0.29, 0.717) is 22.7 Å². The van der Waals surface area contributed by atoms with Crippen LogP contribution in [0.25, 0.3) is 0 Å². The van der Waals surface area contributed by atoms with Gasteiger partial charge in [-0.2, -0.15) is 0 Å². The lowest BCUT2D eigenvalue weighted by atomic mass is 10.1. The molecule has 0 bridgehead atoms. The molecular formula is C18H19ClFNO3. The lowest BCUT2D eigenvalue weighted by Gasteiger charge is -2.23. The highest BCUT2D eigenvalue weighted by atomic mass is 35.5. The van der Waals surface area contributed by atoms with Crippen molar-refractivity contribution in [3.05, 3.63) is 53.3 Å². The van der Waals surface area contributed by atoms with Gasteiger partial charge in [-0.05, 0) is 30.2 Å². The number of benzene rings is 2. The molecule has 6 heteroatoms. The normalized spacial score (nSPS) is 10.4. The fourth-order valence-electron chi connectivity index (χ4n) is 2.43. The molecule has 0 aliphatic rings. The quantitative estimate of drug-likeness (QED) is 0.740. The fourth-order valence-corrected chi connectivity index (χ4v) is 2.57. The predicted molar refractivity (Wildman–Crippen MR) is 92.6 cm³/mol. The van der Waals surface area contributed by atoms with E-state index in [-0.39, 0.29) is 24.1 Å². The van der Waals surface area contributed by atoms with E-state index in [2.05, 4.69) is 0 Å². The lowest BCUT2D eigenvalue weighted by molar-refractivity contribution is -0.116. The minimum absolute atomic E-state index is 0.187. The summed E-state index contributed by atoms with van der Waals surface area (Å²) in [5, 5.41) is 0. The number of rotatable bonds is 6. The largest absolute Gasteiger partial charge is 0.497 e. The predicted octanol–water partition coefficient (Wildman–Crippen LogP) is 3.92. The van der Waals surface area contributed by atoms with Gasteiger partial charge < -0.3 is 14.4 Å². The van der Waals surface area contributed by atoms with Crippen LogP contribution in [0.3, 0.4) is 0 Å². The Morgan fingerprint density at radius 2 is 1.71 bits per heavy atom. The summed E-state index contributed by atoms with van der Waals surface area (Å²) in [6.45, 7) is 2.00. The number of amides is 1. The summed E-state index contributed by atoms with van der Waals surface area (Å²) in [7, 11) is 3.06. The number of hydrogen-bond acceptors (Lipinski definition) is 3. The van der Waals surface area contributed by atoms with E-state index in [1.54, 1.807) is 25.1 Å². The monoisotopic (exact) mass is 351 g/mol. The van der Waals surface area contributed by atoms with E-state index in [1.807, 2.05) is 6.07 Å². The third-order valence-corrected chi connectivity index (χ3v) is 3.73. The molecule has 1 amide bonds. The Hall–Kier alpha value is -2.27. The van der Waals surface area contributed by atoms with Crippen LogP contribution in [0.2, 0.25) is 0 Å². The molecule has 2 aromatic carbocycles. The van der Waals surface area contributed by atoms with E-state index >= 15 is 0 Å². The maximum absolute atomic E-state index is 13.6. The van der Waals surface area contributed by atoms with Crippen LogP contribution in [-0.2, 0) is 11.3 Å². The maximum atomic E-state index is 13.6. The van der Waals surface area contributed by atoms with Crippen molar-refractivity contribution in [2.75, 3.05) is 25.0 Å². The number of anilines is 1. The van der Waals surface area contributed by atoms with Crippen LogP contribution in [0.15, 0.2) is 36.4 Å².